The fourth-order valence-corrected chi connectivity index (χ4v) is 1.75. The molecule has 0 aromatic rings. The monoisotopic (exact) mass is 230 g/mol. The van der Waals surface area contributed by atoms with Crippen LogP contribution in [0.3, 0.4) is 0 Å². The third-order valence-electron chi connectivity index (χ3n) is 2.63. The van der Waals surface area contributed by atoms with Crippen LogP contribution in [0.15, 0.2) is 0 Å². The smallest absolute Gasteiger partial charge is 0.237 e. The molecule has 1 unspecified atom stereocenters. The molecule has 1 heterocycles. The minimum atomic E-state index is -0.00731. The van der Waals surface area contributed by atoms with Gasteiger partial charge in [-0.25, -0.2) is 0 Å². The molecule has 1 aliphatic rings. The summed E-state index contributed by atoms with van der Waals surface area (Å²) in [6, 6.07) is -0.00731. The van der Waals surface area contributed by atoms with E-state index < -0.39 is 0 Å². The maximum atomic E-state index is 11.6. The molecule has 16 heavy (non-hydrogen) atoms. The first-order valence-electron chi connectivity index (χ1n) is 6.04. The van der Waals surface area contributed by atoms with Crippen molar-refractivity contribution in [2.24, 2.45) is 0 Å². The highest BCUT2D eigenvalue weighted by Gasteiger charge is 2.19. The second-order valence-corrected chi connectivity index (χ2v) is 3.98. The number of aliphatic hydroxyl groups is 1. The third-order valence-corrected chi connectivity index (χ3v) is 2.63. The van der Waals surface area contributed by atoms with E-state index in [1.165, 1.54) is 6.42 Å². The van der Waals surface area contributed by atoms with E-state index in [2.05, 4.69) is 10.6 Å². The van der Waals surface area contributed by atoms with E-state index in [4.69, 9.17) is 9.84 Å². The van der Waals surface area contributed by atoms with Gasteiger partial charge in [0.05, 0.1) is 19.3 Å². The predicted molar refractivity (Wildman–Crippen MR) is 61.2 cm³/mol. The number of piperidine rings is 1. The molecule has 0 aliphatic carbocycles. The lowest BCUT2D eigenvalue weighted by Crippen LogP contribution is -2.46. The van der Waals surface area contributed by atoms with Crippen molar-refractivity contribution < 1.29 is 14.6 Å². The molecule has 0 bridgehead atoms. The van der Waals surface area contributed by atoms with Crippen LogP contribution in [0.5, 0.6) is 0 Å². The van der Waals surface area contributed by atoms with Crippen molar-refractivity contribution in [3.05, 3.63) is 0 Å². The Morgan fingerprint density at radius 3 is 3.00 bits per heavy atom. The molecule has 0 saturated carbocycles. The average molecular weight is 230 g/mol. The summed E-state index contributed by atoms with van der Waals surface area (Å²) >= 11 is 0. The quantitative estimate of drug-likeness (QED) is 0.523. The molecule has 1 amide bonds. The lowest BCUT2D eigenvalue weighted by Gasteiger charge is -2.22. The van der Waals surface area contributed by atoms with Crippen LogP contribution in [-0.4, -0.2) is 50.0 Å². The van der Waals surface area contributed by atoms with Crippen LogP contribution in [-0.2, 0) is 9.53 Å². The Hall–Kier alpha value is -0.650. The van der Waals surface area contributed by atoms with Gasteiger partial charge >= 0.3 is 0 Å². The van der Waals surface area contributed by atoms with Crippen LogP contribution < -0.4 is 10.6 Å². The summed E-state index contributed by atoms with van der Waals surface area (Å²) in [5.41, 5.74) is 0. The van der Waals surface area contributed by atoms with Gasteiger partial charge in [0.2, 0.25) is 5.91 Å². The molecule has 0 aromatic carbocycles. The van der Waals surface area contributed by atoms with E-state index in [0.29, 0.717) is 19.8 Å². The molecule has 5 heteroatoms. The lowest BCUT2D eigenvalue weighted by atomic mass is 10.0. The maximum absolute atomic E-state index is 11.6. The van der Waals surface area contributed by atoms with Gasteiger partial charge in [-0.2, -0.15) is 0 Å². The maximum Gasteiger partial charge on any atom is 0.237 e. The van der Waals surface area contributed by atoms with Gasteiger partial charge in [-0.15, -0.1) is 0 Å². The number of amides is 1. The second-order valence-electron chi connectivity index (χ2n) is 3.98. The van der Waals surface area contributed by atoms with Crippen LogP contribution in [0.2, 0.25) is 0 Å². The number of carbonyl (C=O) groups excluding carboxylic acids is 1. The molecule has 0 aromatic heterocycles. The number of hydrogen-bond donors (Lipinski definition) is 3. The second kappa shape index (κ2) is 8.50. The van der Waals surface area contributed by atoms with Crippen LogP contribution >= 0.6 is 0 Å². The van der Waals surface area contributed by atoms with Crippen LogP contribution in [0, 0.1) is 0 Å². The fourth-order valence-electron chi connectivity index (χ4n) is 1.75. The van der Waals surface area contributed by atoms with E-state index >= 15 is 0 Å². The molecule has 94 valence electrons. The standard InChI is InChI=1S/C11H22N2O3/c14-7-9-16-8-3-6-13-11(15)10-4-1-2-5-12-10/h10,12,14H,1-9H2,(H,13,15). The third kappa shape index (κ3) is 5.44. The Bertz CT molecular complexity index is 194. The highest BCUT2D eigenvalue weighted by atomic mass is 16.5. The Morgan fingerprint density at radius 1 is 1.44 bits per heavy atom. The van der Waals surface area contributed by atoms with Gasteiger partial charge in [0, 0.05) is 13.2 Å². The Morgan fingerprint density at radius 2 is 2.31 bits per heavy atom. The van der Waals surface area contributed by atoms with E-state index in [1.54, 1.807) is 0 Å². The Balaban J connectivity index is 1.97. The highest BCUT2D eigenvalue weighted by molar-refractivity contribution is 5.81. The van der Waals surface area contributed by atoms with Gasteiger partial charge in [-0.1, -0.05) is 6.42 Å². The predicted octanol–water partition coefficient (Wildman–Crippen LogP) is -0.356. The van der Waals surface area contributed by atoms with Crippen molar-refractivity contribution in [3.63, 3.8) is 0 Å². The van der Waals surface area contributed by atoms with Gasteiger partial charge in [0.25, 0.3) is 0 Å². The van der Waals surface area contributed by atoms with Crippen LogP contribution in [0.1, 0.15) is 25.7 Å². The summed E-state index contributed by atoms with van der Waals surface area (Å²) in [6.07, 6.45) is 4.02. The van der Waals surface area contributed by atoms with Crippen molar-refractivity contribution in [2.45, 2.75) is 31.7 Å². The number of carbonyl (C=O) groups is 1. The van der Waals surface area contributed by atoms with E-state index in [0.717, 1.165) is 25.8 Å². The molecule has 1 saturated heterocycles. The summed E-state index contributed by atoms with van der Waals surface area (Å²) in [6.45, 7) is 2.59. The SMILES string of the molecule is O=C(NCCCOCCO)C1CCCCN1. The molecular formula is C11H22N2O3. The summed E-state index contributed by atoms with van der Waals surface area (Å²) in [5, 5.41) is 14.6. The first-order chi connectivity index (χ1) is 7.84. The van der Waals surface area contributed by atoms with Crippen LogP contribution in [0.4, 0.5) is 0 Å². The van der Waals surface area contributed by atoms with E-state index in [-0.39, 0.29) is 18.6 Å². The molecule has 0 radical (unpaired) electrons. The largest absolute Gasteiger partial charge is 0.394 e. The van der Waals surface area contributed by atoms with Gasteiger partial charge in [0.15, 0.2) is 0 Å². The number of nitrogens with one attached hydrogen (secondary N) is 2. The average Bonchev–Trinajstić information content (AvgIpc) is 2.34. The minimum absolute atomic E-state index is 0.00731. The van der Waals surface area contributed by atoms with Gasteiger partial charge in [0.1, 0.15) is 0 Å². The number of rotatable bonds is 7. The number of aliphatic hydroxyl groups excluding tert-OH is 1. The molecule has 5 nitrogen and oxygen atoms in total. The highest BCUT2D eigenvalue weighted by Crippen LogP contribution is 2.06. The summed E-state index contributed by atoms with van der Waals surface area (Å²) in [5.74, 6) is 0.0989. The van der Waals surface area contributed by atoms with Crippen molar-refractivity contribution in [3.8, 4) is 0 Å². The zero-order valence-electron chi connectivity index (χ0n) is 9.71. The minimum Gasteiger partial charge on any atom is -0.394 e. The molecule has 1 atom stereocenters. The number of hydrogen-bond acceptors (Lipinski definition) is 4. The molecule has 1 aliphatic heterocycles. The van der Waals surface area contributed by atoms with Gasteiger partial charge in [-0.3, -0.25) is 4.79 Å². The summed E-state index contributed by atoms with van der Waals surface area (Å²) in [4.78, 5) is 11.6. The van der Waals surface area contributed by atoms with Gasteiger partial charge in [-0.05, 0) is 25.8 Å². The summed E-state index contributed by atoms with van der Waals surface area (Å²) < 4.78 is 5.09. The van der Waals surface area contributed by atoms with Crippen molar-refractivity contribution in [2.75, 3.05) is 32.9 Å². The van der Waals surface area contributed by atoms with Crippen molar-refractivity contribution in [1.82, 2.24) is 10.6 Å². The lowest BCUT2D eigenvalue weighted by molar-refractivity contribution is -0.123. The summed E-state index contributed by atoms with van der Waals surface area (Å²) in [7, 11) is 0. The Labute approximate surface area is 96.6 Å². The topological polar surface area (TPSA) is 70.6 Å². The first-order valence-corrected chi connectivity index (χ1v) is 6.04. The Kier molecular flexibility index (Phi) is 7.12. The van der Waals surface area contributed by atoms with E-state index in [9.17, 15) is 4.79 Å². The van der Waals surface area contributed by atoms with E-state index in [1.807, 2.05) is 0 Å². The number of ether oxygens (including phenoxy) is 1. The zero-order valence-corrected chi connectivity index (χ0v) is 9.71. The molecule has 3 N–H and O–H groups in total. The van der Waals surface area contributed by atoms with Crippen molar-refractivity contribution in [1.29, 1.82) is 0 Å². The normalized spacial score (nSPS) is 20.7. The first kappa shape index (κ1) is 13.4. The van der Waals surface area contributed by atoms with Crippen LogP contribution in [0.25, 0.3) is 0 Å². The van der Waals surface area contributed by atoms with Crippen molar-refractivity contribution >= 4 is 5.91 Å². The molecule has 0 spiro atoms. The zero-order chi connectivity index (χ0) is 11.6. The fraction of sp³-hybridized carbons (Fsp3) is 0.909. The van der Waals surface area contributed by atoms with Gasteiger partial charge < -0.3 is 20.5 Å². The molecular weight excluding hydrogens is 208 g/mol. The molecule has 1 fully saturated rings. The molecule has 1 rings (SSSR count).